The maximum atomic E-state index is 13.1. The Kier molecular flexibility index (Phi) is 75.2. The van der Waals surface area contributed by atoms with Crippen LogP contribution in [0.4, 0.5) is 0 Å². The van der Waals surface area contributed by atoms with Crippen LogP contribution in [0.1, 0.15) is 259 Å². The van der Waals surface area contributed by atoms with Gasteiger partial charge in [-0.3, -0.25) is 37.3 Å². The molecule has 0 fully saturated rings. The van der Waals surface area contributed by atoms with E-state index >= 15 is 0 Å². The minimum atomic E-state index is -5.03. The zero-order chi connectivity index (χ0) is 80.3. The number of phosphoric ester groups is 2. The van der Waals surface area contributed by atoms with Crippen molar-refractivity contribution in [2.24, 2.45) is 0 Å². The van der Waals surface area contributed by atoms with Gasteiger partial charge in [0, 0.05) is 25.7 Å². The Labute approximate surface area is 664 Å². The van der Waals surface area contributed by atoms with Gasteiger partial charge in [0.25, 0.3) is 0 Å². The molecule has 0 bridgehead atoms. The number of carbonyl (C=O) groups excluding carboxylic acids is 4. The first-order chi connectivity index (χ1) is 53.7. The number of allylic oxidation sites excluding steroid dienone is 38. The zero-order valence-corrected chi connectivity index (χ0v) is 69.1. The van der Waals surface area contributed by atoms with Crippen LogP contribution in [0.15, 0.2) is 231 Å². The molecular formula is C91H140O17P2. The third-order valence-electron chi connectivity index (χ3n) is 15.6. The molecule has 110 heavy (non-hydrogen) atoms. The van der Waals surface area contributed by atoms with E-state index in [0.717, 1.165) is 161 Å². The topological polar surface area (TPSA) is 237 Å². The van der Waals surface area contributed by atoms with Gasteiger partial charge in [-0.15, -0.1) is 0 Å². The summed E-state index contributed by atoms with van der Waals surface area (Å²) in [7, 11) is -10.0. The van der Waals surface area contributed by atoms with Gasteiger partial charge in [-0.2, -0.15) is 0 Å². The van der Waals surface area contributed by atoms with Crippen molar-refractivity contribution in [1.29, 1.82) is 0 Å². The van der Waals surface area contributed by atoms with E-state index in [2.05, 4.69) is 216 Å². The Bertz CT molecular complexity index is 3000. The van der Waals surface area contributed by atoms with E-state index in [4.69, 9.17) is 37.0 Å². The Morgan fingerprint density at radius 1 is 0.255 bits per heavy atom. The number of unbranched alkanes of at least 4 members (excludes halogenated alkanes) is 9. The van der Waals surface area contributed by atoms with Gasteiger partial charge in [0.15, 0.2) is 12.2 Å². The van der Waals surface area contributed by atoms with Gasteiger partial charge in [0.05, 0.1) is 26.4 Å². The molecule has 0 radical (unpaired) electrons. The van der Waals surface area contributed by atoms with E-state index in [9.17, 15) is 43.2 Å². The van der Waals surface area contributed by atoms with E-state index in [-0.39, 0.29) is 25.7 Å². The molecule has 17 nitrogen and oxygen atoms in total. The monoisotopic (exact) mass is 1570 g/mol. The highest BCUT2D eigenvalue weighted by atomic mass is 31.2. The average Bonchev–Trinajstić information content (AvgIpc) is 0.899. The number of rotatable bonds is 73. The summed E-state index contributed by atoms with van der Waals surface area (Å²) in [4.78, 5) is 73.1. The molecule has 0 aliphatic heterocycles. The second kappa shape index (κ2) is 80.2. The summed E-state index contributed by atoms with van der Waals surface area (Å²) in [6, 6.07) is 0. The third kappa shape index (κ3) is 79.2. The van der Waals surface area contributed by atoms with Gasteiger partial charge < -0.3 is 33.8 Å². The maximum absolute atomic E-state index is 13.1. The van der Waals surface area contributed by atoms with E-state index in [1.54, 1.807) is 0 Å². The van der Waals surface area contributed by atoms with Crippen LogP contribution in [0.3, 0.4) is 0 Å². The number of ether oxygens (including phenoxy) is 4. The molecule has 0 aromatic carbocycles. The van der Waals surface area contributed by atoms with Crippen LogP contribution >= 0.6 is 15.6 Å². The lowest BCUT2D eigenvalue weighted by atomic mass is 10.1. The van der Waals surface area contributed by atoms with E-state index in [1.165, 1.54) is 0 Å². The summed E-state index contributed by atoms with van der Waals surface area (Å²) in [6.45, 7) is 4.15. The highest BCUT2D eigenvalue weighted by Crippen LogP contribution is 2.45. The number of phosphoric acid groups is 2. The molecule has 5 atom stereocenters. The highest BCUT2D eigenvalue weighted by Gasteiger charge is 2.30. The first-order valence-corrected chi connectivity index (χ1v) is 43.6. The van der Waals surface area contributed by atoms with Crippen LogP contribution in [-0.2, 0) is 65.4 Å². The summed E-state index contributed by atoms with van der Waals surface area (Å²) in [5.74, 6) is -2.46. The Balaban J connectivity index is 5.57. The predicted molar refractivity (Wildman–Crippen MR) is 454 cm³/mol. The van der Waals surface area contributed by atoms with Gasteiger partial charge in [-0.25, -0.2) is 9.13 Å². The van der Waals surface area contributed by atoms with Gasteiger partial charge in [0.1, 0.15) is 19.3 Å². The number of hydrogen-bond acceptors (Lipinski definition) is 15. The maximum Gasteiger partial charge on any atom is 0.472 e. The van der Waals surface area contributed by atoms with Crippen LogP contribution in [0, 0.1) is 0 Å². The summed E-state index contributed by atoms with van der Waals surface area (Å²) >= 11 is 0. The summed E-state index contributed by atoms with van der Waals surface area (Å²) in [6.07, 6.45) is 103. The smallest absolute Gasteiger partial charge is 0.462 e. The van der Waals surface area contributed by atoms with Gasteiger partial charge in [0.2, 0.25) is 0 Å². The fraction of sp³-hybridized carbons (Fsp3) is 0.538. The van der Waals surface area contributed by atoms with Crippen molar-refractivity contribution >= 4 is 39.5 Å². The van der Waals surface area contributed by atoms with Crippen LogP contribution in [0.25, 0.3) is 0 Å². The number of hydrogen-bond donors (Lipinski definition) is 3. The zero-order valence-electron chi connectivity index (χ0n) is 67.3. The normalized spacial score (nSPS) is 15.0. The molecule has 5 unspecified atom stereocenters. The number of esters is 4. The Morgan fingerprint density at radius 2 is 0.464 bits per heavy atom. The lowest BCUT2D eigenvalue weighted by molar-refractivity contribution is -0.161. The van der Waals surface area contributed by atoms with E-state index in [1.807, 2.05) is 42.5 Å². The minimum Gasteiger partial charge on any atom is -0.462 e. The number of aliphatic hydroxyl groups excluding tert-OH is 1. The van der Waals surface area contributed by atoms with Crippen LogP contribution < -0.4 is 0 Å². The Hall–Kier alpha value is -6.88. The number of aliphatic hydroxyl groups is 1. The number of carbonyl (C=O) groups is 4. The standard InChI is InChI=1S/C91H140O17P2/c1-5-9-13-17-21-25-29-33-37-40-42-45-48-51-55-59-63-67-71-75-88(93)101-81-86(107-90(95)77-73-69-65-61-57-53-47-36-32-28-24-20-16-12-8-4)83-105-109(97,98)103-79-85(92)80-104-110(99,100)106-84-87(108-91(96)78-74-70-66-62-58-54-50-44-39-35-31-27-23-19-15-11-7-3)82-102-89(94)76-72-68-64-60-56-52-49-46-43-41-38-34-30-26-22-18-14-10-6-2/h9-16,21-28,33-39,42-43,45-47,51-52,55-57,61,63-64,67-68,85-87,92H,5-8,17-20,29-32,40-41,44,48-50,53-54,58-60,62,65-66,69-84H2,1-4H3,(H,97,98)(H,99,100)/b13-9-,14-10-,15-11-,16-12-,25-21-,26-22-,27-23-,28-24-,37-33-,38-34-,39-35-,45-42-,46-43-,47-36-,55-51-,56-52-,61-57-,67-63-,68-64-. The van der Waals surface area contributed by atoms with E-state index in [0.29, 0.717) is 44.9 Å². The van der Waals surface area contributed by atoms with E-state index < -0.39 is 97.5 Å². The van der Waals surface area contributed by atoms with Crippen LogP contribution in [0.5, 0.6) is 0 Å². The molecule has 0 spiro atoms. The molecule has 19 heteroatoms. The molecule has 0 aromatic rings. The molecule has 0 saturated carbocycles. The molecule has 0 saturated heterocycles. The van der Waals surface area contributed by atoms with Crippen molar-refractivity contribution in [2.75, 3.05) is 39.6 Å². The molecule has 0 aliphatic carbocycles. The molecule has 0 aliphatic rings. The summed E-state index contributed by atoms with van der Waals surface area (Å²) in [5, 5.41) is 10.7. The van der Waals surface area contributed by atoms with Gasteiger partial charge in [-0.1, -0.05) is 291 Å². The first-order valence-electron chi connectivity index (χ1n) is 40.6. The Morgan fingerprint density at radius 3 is 0.736 bits per heavy atom. The van der Waals surface area contributed by atoms with Crippen LogP contribution in [-0.4, -0.2) is 96.7 Å². The van der Waals surface area contributed by atoms with Crippen LogP contribution in [0.2, 0.25) is 0 Å². The molecule has 616 valence electrons. The highest BCUT2D eigenvalue weighted by molar-refractivity contribution is 7.47. The quantitative estimate of drug-likeness (QED) is 0.0169. The van der Waals surface area contributed by atoms with Crippen molar-refractivity contribution < 1.29 is 80.2 Å². The first kappa shape index (κ1) is 103. The third-order valence-corrected chi connectivity index (χ3v) is 17.5. The summed E-state index contributed by atoms with van der Waals surface area (Å²) < 4.78 is 68.5. The second-order valence-electron chi connectivity index (χ2n) is 25.8. The minimum absolute atomic E-state index is 0.0145. The second-order valence-corrected chi connectivity index (χ2v) is 28.7. The molecular weight excluding hydrogens is 1430 g/mol. The lowest BCUT2D eigenvalue weighted by Gasteiger charge is -2.21. The fourth-order valence-corrected chi connectivity index (χ4v) is 11.2. The van der Waals surface area contributed by atoms with Crippen molar-refractivity contribution in [3.63, 3.8) is 0 Å². The van der Waals surface area contributed by atoms with Crippen molar-refractivity contribution in [1.82, 2.24) is 0 Å². The van der Waals surface area contributed by atoms with Crippen molar-refractivity contribution in [3.8, 4) is 0 Å². The molecule has 0 amide bonds. The van der Waals surface area contributed by atoms with Crippen molar-refractivity contribution in [3.05, 3.63) is 231 Å². The summed E-state index contributed by atoms with van der Waals surface area (Å²) in [5.41, 5.74) is 0. The van der Waals surface area contributed by atoms with Crippen molar-refractivity contribution in [2.45, 2.75) is 277 Å². The molecule has 3 N–H and O–H groups in total. The lowest BCUT2D eigenvalue weighted by Crippen LogP contribution is -2.30. The molecule has 0 rings (SSSR count). The molecule has 0 heterocycles. The largest absolute Gasteiger partial charge is 0.472 e. The predicted octanol–water partition coefficient (Wildman–Crippen LogP) is 24.2. The van der Waals surface area contributed by atoms with Gasteiger partial charge >= 0.3 is 39.5 Å². The van der Waals surface area contributed by atoms with Gasteiger partial charge in [-0.05, 0) is 173 Å². The molecule has 0 aromatic heterocycles. The fourth-order valence-electron chi connectivity index (χ4n) is 9.63. The SMILES string of the molecule is CC/C=C\C/C=C\C/C=C\C/C=C\C/C=C\C/C=C\CCC(=O)OCC(COP(=O)(O)OCC(O)COP(=O)(O)OCC(COC(=O)CC/C=C\C/C=C\C/C=C\C/C=C\C/C=C\C/C=C\CC)OC(=O)CCCCCCCCC/C=C\C/C=C\C/C=C\CC)OC(=O)CCCC/C=C\C/C=C\C/C=C\C/C=C\CC. The average molecular weight is 1570 g/mol.